The lowest BCUT2D eigenvalue weighted by Gasteiger charge is -2.50. The molecule has 34 heavy (non-hydrogen) atoms. The summed E-state index contributed by atoms with van der Waals surface area (Å²) in [5, 5.41) is 51.5. The van der Waals surface area contributed by atoms with Gasteiger partial charge in [0, 0.05) is 18.6 Å². The van der Waals surface area contributed by atoms with Crippen LogP contribution in [0.4, 0.5) is 5.69 Å². The number of nitro benzene ring substituents is 1. The van der Waals surface area contributed by atoms with Crippen LogP contribution in [0.25, 0.3) is 0 Å². The third-order valence-electron chi connectivity index (χ3n) is 7.70. The highest BCUT2D eigenvalue weighted by atomic mass is 16.7. The number of nitrogens with zero attached hydrogens (tertiary/aromatic N) is 4. The summed E-state index contributed by atoms with van der Waals surface area (Å²) in [5.74, 6) is -2.41. The molecule has 1 N–H and O–H groups in total. The SMILES string of the molecule is N#CC1(C#N)C(c2cccc([N+](=O)[O-])c2)OC23CCCCCCCCCCC2C1(C#N)C(=N)O3. The maximum Gasteiger partial charge on any atom is 0.269 e. The molecule has 3 fully saturated rings. The zero-order chi connectivity index (χ0) is 24.4. The topological polar surface area (TPSA) is 157 Å². The molecule has 2 bridgehead atoms. The summed E-state index contributed by atoms with van der Waals surface area (Å²) in [5.41, 5.74) is -3.90. The molecule has 2 heterocycles. The van der Waals surface area contributed by atoms with Gasteiger partial charge in [-0.3, -0.25) is 15.5 Å². The van der Waals surface area contributed by atoms with E-state index in [1.165, 1.54) is 18.2 Å². The van der Waals surface area contributed by atoms with Gasteiger partial charge in [0.15, 0.2) is 5.41 Å². The summed E-state index contributed by atoms with van der Waals surface area (Å²) in [6.45, 7) is 0. The van der Waals surface area contributed by atoms with Crippen molar-refractivity contribution in [2.45, 2.75) is 76.1 Å². The van der Waals surface area contributed by atoms with Crippen molar-refractivity contribution in [3.05, 3.63) is 39.9 Å². The molecule has 4 unspecified atom stereocenters. The van der Waals surface area contributed by atoms with Crippen molar-refractivity contribution in [1.82, 2.24) is 0 Å². The van der Waals surface area contributed by atoms with Gasteiger partial charge >= 0.3 is 0 Å². The molecule has 0 radical (unpaired) electrons. The Morgan fingerprint density at radius 1 is 1.00 bits per heavy atom. The molecule has 0 aromatic heterocycles. The summed E-state index contributed by atoms with van der Waals surface area (Å²) in [7, 11) is 0. The number of ether oxygens (including phenoxy) is 2. The molecule has 9 nitrogen and oxygen atoms in total. The molecule has 2 aliphatic heterocycles. The number of nitro groups is 1. The Labute approximate surface area is 198 Å². The summed E-state index contributed by atoms with van der Waals surface area (Å²) < 4.78 is 12.6. The Balaban J connectivity index is 1.90. The Morgan fingerprint density at radius 2 is 1.65 bits per heavy atom. The number of nitriles is 3. The van der Waals surface area contributed by atoms with Crippen molar-refractivity contribution in [2.24, 2.45) is 16.7 Å². The van der Waals surface area contributed by atoms with Gasteiger partial charge in [0.2, 0.25) is 17.1 Å². The van der Waals surface area contributed by atoms with Gasteiger partial charge in [-0.1, -0.05) is 57.1 Å². The predicted molar refractivity (Wildman–Crippen MR) is 120 cm³/mol. The lowest BCUT2D eigenvalue weighted by atomic mass is 9.52. The van der Waals surface area contributed by atoms with Gasteiger partial charge < -0.3 is 9.47 Å². The van der Waals surface area contributed by atoms with Crippen LogP contribution in [0.2, 0.25) is 0 Å². The Bertz CT molecular complexity index is 1100. The van der Waals surface area contributed by atoms with E-state index >= 15 is 0 Å². The zero-order valence-corrected chi connectivity index (χ0v) is 19.0. The molecule has 0 amide bonds. The van der Waals surface area contributed by atoms with Gasteiger partial charge in [-0.2, -0.15) is 15.8 Å². The molecule has 1 saturated carbocycles. The molecule has 0 spiro atoms. The first-order valence-electron chi connectivity index (χ1n) is 11.8. The maximum atomic E-state index is 11.4. The minimum Gasteiger partial charge on any atom is -0.447 e. The summed E-state index contributed by atoms with van der Waals surface area (Å²) >= 11 is 0. The fourth-order valence-corrected chi connectivity index (χ4v) is 6.02. The third-order valence-corrected chi connectivity index (χ3v) is 7.70. The minimum atomic E-state index is -2.10. The molecule has 9 heteroatoms. The predicted octanol–water partition coefficient (Wildman–Crippen LogP) is 5.44. The highest BCUT2D eigenvalue weighted by Gasteiger charge is 2.79. The van der Waals surface area contributed by atoms with Gasteiger partial charge in [0.25, 0.3) is 5.69 Å². The molecule has 1 aliphatic carbocycles. The van der Waals surface area contributed by atoms with Crippen LogP contribution < -0.4 is 0 Å². The largest absolute Gasteiger partial charge is 0.447 e. The van der Waals surface area contributed by atoms with Crippen molar-refractivity contribution in [1.29, 1.82) is 21.2 Å². The van der Waals surface area contributed by atoms with E-state index in [1.54, 1.807) is 6.07 Å². The number of non-ortho nitro benzene ring substituents is 1. The maximum absolute atomic E-state index is 11.4. The standard InChI is InChI=1S/C25H27N5O4/c26-15-23(16-27)21(18-10-9-11-19(14-18)30(31)32)33-25-13-8-6-4-2-1-3-5-7-12-20(25)24(23,17-28)22(29)34-25/h9-11,14,20-21,29H,1-8,12-13H2. The van der Waals surface area contributed by atoms with E-state index in [0.717, 1.165) is 51.4 Å². The van der Waals surface area contributed by atoms with Gasteiger partial charge in [0.1, 0.15) is 6.10 Å². The second-order valence-corrected chi connectivity index (χ2v) is 9.46. The van der Waals surface area contributed by atoms with E-state index in [4.69, 9.17) is 14.9 Å². The van der Waals surface area contributed by atoms with E-state index in [-0.39, 0.29) is 11.3 Å². The van der Waals surface area contributed by atoms with Crippen LogP contribution in [0.5, 0.6) is 0 Å². The molecule has 2 saturated heterocycles. The van der Waals surface area contributed by atoms with Crippen LogP contribution in [0.1, 0.15) is 75.9 Å². The highest BCUT2D eigenvalue weighted by molar-refractivity contribution is 5.89. The number of hydrogen-bond donors (Lipinski definition) is 1. The van der Waals surface area contributed by atoms with Gasteiger partial charge in [-0.25, -0.2) is 0 Å². The zero-order valence-electron chi connectivity index (χ0n) is 19.0. The van der Waals surface area contributed by atoms with Gasteiger partial charge in [-0.15, -0.1) is 0 Å². The van der Waals surface area contributed by atoms with E-state index in [9.17, 15) is 25.9 Å². The van der Waals surface area contributed by atoms with Gasteiger partial charge in [0.05, 0.1) is 29.0 Å². The van der Waals surface area contributed by atoms with Gasteiger partial charge in [-0.05, 0) is 18.4 Å². The minimum absolute atomic E-state index is 0.210. The van der Waals surface area contributed by atoms with E-state index in [0.29, 0.717) is 12.8 Å². The molecule has 4 rings (SSSR count). The summed E-state index contributed by atoms with van der Waals surface area (Å²) in [6, 6.07) is 11.9. The molecule has 176 valence electrons. The molecule has 1 aromatic carbocycles. The number of benzene rings is 1. The quantitative estimate of drug-likeness (QED) is 0.453. The number of rotatable bonds is 2. The fraction of sp³-hybridized carbons (Fsp3) is 0.600. The molecular weight excluding hydrogens is 434 g/mol. The normalized spacial score (nSPS) is 32.9. The Kier molecular flexibility index (Phi) is 6.30. The average Bonchev–Trinajstić information content (AvgIpc) is 3.02. The van der Waals surface area contributed by atoms with Crippen molar-refractivity contribution in [3.63, 3.8) is 0 Å². The summed E-state index contributed by atoms with van der Waals surface area (Å²) in [4.78, 5) is 10.9. The van der Waals surface area contributed by atoms with Crippen LogP contribution >= 0.6 is 0 Å². The van der Waals surface area contributed by atoms with Crippen LogP contribution in [0.15, 0.2) is 24.3 Å². The van der Waals surface area contributed by atoms with Crippen molar-refractivity contribution in [2.75, 3.05) is 0 Å². The van der Waals surface area contributed by atoms with Crippen LogP contribution in [0.3, 0.4) is 0 Å². The van der Waals surface area contributed by atoms with E-state index in [1.807, 2.05) is 12.1 Å². The first-order valence-corrected chi connectivity index (χ1v) is 11.8. The van der Waals surface area contributed by atoms with Crippen molar-refractivity contribution in [3.8, 4) is 18.2 Å². The smallest absolute Gasteiger partial charge is 0.269 e. The number of hydrogen-bond acceptors (Lipinski definition) is 8. The second-order valence-electron chi connectivity index (χ2n) is 9.46. The fourth-order valence-electron chi connectivity index (χ4n) is 6.02. The van der Waals surface area contributed by atoms with Crippen molar-refractivity contribution < 1.29 is 14.4 Å². The summed E-state index contributed by atoms with van der Waals surface area (Å²) in [6.07, 6.45) is 7.46. The van der Waals surface area contributed by atoms with Crippen molar-refractivity contribution >= 4 is 11.6 Å². The monoisotopic (exact) mass is 461 g/mol. The van der Waals surface area contributed by atoms with E-state index < -0.39 is 39.5 Å². The molecular formula is C25H27N5O4. The Hall–Kier alpha value is -3.48. The Morgan fingerprint density at radius 3 is 2.26 bits per heavy atom. The van der Waals surface area contributed by atoms with Crippen LogP contribution in [-0.4, -0.2) is 16.6 Å². The molecule has 3 aliphatic rings. The second kappa shape index (κ2) is 9.05. The lowest BCUT2D eigenvalue weighted by molar-refractivity contribution is -0.385. The van der Waals surface area contributed by atoms with Crippen LogP contribution in [0, 0.1) is 66.3 Å². The van der Waals surface area contributed by atoms with E-state index in [2.05, 4.69) is 6.07 Å². The molecule has 1 aromatic rings. The number of nitrogens with one attached hydrogen (secondary N) is 1. The van der Waals surface area contributed by atoms with Crippen LogP contribution in [-0.2, 0) is 9.47 Å². The third kappa shape index (κ3) is 3.33. The highest BCUT2D eigenvalue weighted by Crippen LogP contribution is 2.68. The molecule has 4 atom stereocenters. The lowest BCUT2D eigenvalue weighted by Crippen LogP contribution is -2.59. The average molecular weight is 462 g/mol. The first kappa shape index (κ1) is 23.7. The first-order chi connectivity index (χ1) is 16.4.